The standard InChI is InChI=1S/C6H14O.C6H14/c1-3-4-5-6-7-2;1-3-5-6-4-2/h3-6H2,1-2H3;3-6H2,1-2H3. The highest BCUT2D eigenvalue weighted by Crippen LogP contribution is 1.95. The van der Waals surface area contributed by atoms with Crippen molar-refractivity contribution >= 4 is 0 Å². The van der Waals surface area contributed by atoms with Crippen molar-refractivity contribution in [3.05, 3.63) is 0 Å². The number of hydrogen-bond donors (Lipinski definition) is 0. The van der Waals surface area contributed by atoms with Crippen molar-refractivity contribution in [2.45, 2.75) is 65.7 Å². The maximum atomic E-state index is 4.84. The van der Waals surface area contributed by atoms with Gasteiger partial charge in [0.15, 0.2) is 0 Å². The molecule has 1 heteroatoms. The Kier molecular flexibility index (Phi) is 21.2. The van der Waals surface area contributed by atoms with E-state index in [4.69, 9.17) is 4.74 Å². The van der Waals surface area contributed by atoms with Gasteiger partial charge in [0, 0.05) is 13.7 Å². The highest BCUT2D eigenvalue weighted by molar-refractivity contribution is 4.33. The third kappa shape index (κ3) is 24.5. The van der Waals surface area contributed by atoms with Crippen molar-refractivity contribution in [2.24, 2.45) is 0 Å². The molecule has 0 amide bonds. The largest absolute Gasteiger partial charge is 0.385 e. The zero-order chi connectivity index (χ0) is 10.4. The summed E-state index contributed by atoms with van der Waals surface area (Å²) in [5, 5.41) is 0. The number of hydrogen-bond acceptors (Lipinski definition) is 1. The Balaban J connectivity index is 0. The van der Waals surface area contributed by atoms with E-state index >= 15 is 0 Å². The van der Waals surface area contributed by atoms with Crippen LogP contribution in [0, 0.1) is 0 Å². The monoisotopic (exact) mass is 188 g/mol. The van der Waals surface area contributed by atoms with Gasteiger partial charge in [-0.15, -0.1) is 0 Å². The number of methoxy groups -OCH3 is 1. The Bertz CT molecular complexity index is 54.1. The predicted octanol–water partition coefficient (Wildman–Crippen LogP) is 4.41. The summed E-state index contributed by atoms with van der Waals surface area (Å²) in [4.78, 5) is 0. The third-order valence-electron chi connectivity index (χ3n) is 1.91. The zero-order valence-electron chi connectivity index (χ0n) is 10.1. The van der Waals surface area contributed by atoms with E-state index in [0.29, 0.717) is 0 Å². The summed E-state index contributed by atoms with van der Waals surface area (Å²) in [7, 11) is 1.75. The summed E-state index contributed by atoms with van der Waals surface area (Å²) < 4.78 is 4.84. The van der Waals surface area contributed by atoms with Crippen molar-refractivity contribution < 1.29 is 4.74 Å². The summed E-state index contributed by atoms with van der Waals surface area (Å²) in [6, 6.07) is 0. The Morgan fingerprint density at radius 1 is 0.692 bits per heavy atom. The molecule has 0 aliphatic rings. The average molecular weight is 188 g/mol. The van der Waals surface area contributed by atoms with E-state index in [-0.39, 0.29) is 0 Å². The van der Waals surface area contributed by atoms with Crippen molar-refractivity contribution in [1.29, 1.82) is 0 Å². The molecule has 0 atom stereocenters. The Labute approximate surface area is 84.9 Å². The van der Waals surface area contributed by atoms with Crippen LogP contribution in [0.5, 0.6) is 0 Å². The van der Waals surface area contributed by atoms with Gasteiger partial charge >= 0.3 is 0 Å². The van der Waals surface area contributed by atoms with E-state index in [2.05, 4.69) is 20.8 Å². The Morgan fingerprint density at radius 2 is 1.08 bits per heavy atom. The van der Waals surface area contributed by atoms with Crippen molar-refractivity contribution in [1.82, 2.24) is 0 Å². The van der Waals surface area contributed by atoms with Crippen LogP contribution in [0.3, 0.4) is 0 Å². The van der Waals surface area contributed by atoms with E-state index < -0.39 is 0 Å². The fraction of sp³-hybridized carbons (Fsp3) is 1.00. The molecule has 0 rings (SSSR count). The normalized spacial score (nSPS) is 9.23. The fourth-order valence-corrected chi connectivity index (χ4v) is 0.996. The van der Waals surface area contributed by atoms with Gasteiger partial charge in [0.1, 0.15) is 0 Å². The molecule has 0 bridgehead atoms. The van der Waals surface area contributed by atoms with Crippen molar-refractivity contribution in [3.63, 3.8) is 0 Å². The molecule has 0 aliphatic carbocycles. The fourth-order valence-electron chi connectivity index (χ4n) is 0.996. The predicted molar refractivity (Wildman–Crippen MR) is 61.2 cm³/mol. The van der Waals surface area contributed by atoms with Gasteiger partial charge in [-0.05, 0) is 6.42 Å². The van der Waals surface area contributed by atoms with Crippen LogP contribution >= 0.6 is 0 Å². The van der Waals surface area contributed by atoms with Crippen LogP contribution in [0.1, 0.15) is 65.7 Å². The molecule has 0 unspecified atom stereocenters. The molecule has 82 valence electrons. The molecule has 1 nitrogen and oxygen atoms in total. The minimum atomic E-state index is 0.924. The second-order valence-corrected chi connectivity index (χ2v) is 3.41. The van der Waals surface area contributed by atoms with Crippen LogP contribution in [0.2, 0.25) is 0 Å². The highest BCUT2D eigenvalue weighted by Gasteiger charge is 1.79. The minimum absolute atomic E-state index is 0.924. The van der Waals surface area contributed by atoms with Crippen LogP contribution in [0.15, 0.2) is 0 Å². The molecule has 0 aromatic heterocycles. The van der Waals surface area contributed by atoms with Gasteiger partial charge in [0.25, 0.3) is 0 Å². The molecular formula is C12H28O. The van der Waals surface area contributed by atoms with Gasteiger partial charge in [-0.2, -0.15) is 0 Å². The van der Waals surface area contributed by atoms with Gasteiger partial charge in [-0.25, -0.2) is 0 Å². The molecule has 0 heterocycles. The molecule has 0 saturated carbocycles. The number of unbranched alkanes of at least 4 members (excludes halogenated alkanes) is 5. The summed E-state index contributed by atoms with van der Waals surface area (Å²) >= 11 is 0. The molecule has 0 aliphatic heterocycles. The summed E-state index contributed by atoms with van der Waals surface area (Å²) in [5.41, 5.74) is 0. The lowest BCUT2D eigenvalue weighted by molar-refractivity contribution is 0.192. The Morgan fingerprint density at radius 3 is 1.38 bits per heavy atom. The number of rotatable bonds is 7. The molecule has 0 fully saturated rings. The summed E-state index contributed by atoms with van der Waals surface area (Å²) in [6.07, 6.45) is 9.33. The first kappa shape index (κ1) is 15.4. The van der Waals surface area contributed by atoms with Crippen molar-refractivity contribution in [3.8, 4) is 0 Å². The molecule has 0 aromatic carbocycles. The molecule has 0 spiro atoms. The smallest absolute Gasteiger partial charge is 0.0462 e. The van der Waals surface area contributed by atoms with Crippen LogP contribution < -0.4 is 0 Å². The molecule has 0 saturated heterocycles. The van der Waals surface area contributed by atoms with Gasteiger partial charge in [0.2, 0.25) is 0 Å². The van der Waals surface area contributed by atoms with Crippen molar-refractivity contribution in [2.75, 3.05) is 13.7 Å². The van der Waals surface area contributed by atoms with Crippen LogP contribution in [-0.2, 0) is 4.74 Å². The second-order valence-electron chi connectivity index (χ2n) is 3.41. The van der Waals surface area contributed by atoms with E-state index in [1.165, 1.54) is 44.9 Å². The molecule has 13 heavy (non-hydrogen) atoms. The lowest BCUT2D eigenvalue weighted by Crippen LogP contribution is -1.85. The molecule has 0 N–H and O–H groups in total. The van der Waals surface area contributed by atoms with Crippen LogP contribution in [-0.4, -0.2) is 13.7 Å². The van der Waals surface area contributed by atoms with E-state index in [1.54, 1.807) is 7.11 Å². The van der Waals surface area contributed by atoms with E-state index in [9.17, 15) is 0 Å². The van der Waals surface area contributed by atoms with Gasteiger partial charge in [0.05, 0.1) is 0 Å². The first-order chi connectivity index (χ1) is 6.33. The molecular weight excluding hydrogens is 160 g/mol. The van der Waals surface area contributed by atoms with E-state index in [0.717, 1.165) is 6.61 Å². The highest BCUT2D eigenvalue weighted by atomic mass is 16.5. The third-order valence-corrected chi connectivity index (χ3v) is 1.91. The molecule has 0 radical (unpaired) electrons. The minimum Gasteiger partial charge on any atom is -0.385 e. The SMILES string of the molecule is CCCCCC.CCCCCOC. The first-order valence-corrected chi connectivity index (χ1v) is 5.82. The summed E-state index contributed by atoms with van der Waals surface area (Å²) in [5.74, 6) is 0. The molecule has 0 aromatic rings. The lowest BCUT2D eigenvalue weighted by atomic mass is 10.2. The quantitative estimate of drug-likeness (QED) is 0.538. The van der Waals surface area contributed by atoms with Crippen LogP contribution in [0.25, 0.3) is 0 Å². The average Bonchev–Trinajstić information content (AvgIpc) is 2.17. The first-order valence-electron chi connectivity index (χ1n) is 5.82. The lowest BCUT2D eigenvalue weighted by Gasteiger charge is -1.92. The number of ether oxygens (including phenoxy) is 1. The van der Waals surface area contributed by atoms with Gasteiger partial charge < -0.3 is 4.74 Å². The van der Waals surface area contributed by atoms with Gasteiger partial charge in [-0.1, -0.05) is 59.3 Å². The van der Waals surface area contributed by atoms with Crippen LogP contribution in [0.4, 0.5) is 0 Å². The Hall–Kier alpha value is -0.0400. The van der Waals surface area contributed by atoms with Gasteiger partial charge in [-0.3, -0.25) is 0 Å². The topological polar surface area (TPSA) is 9.23 Å². The van der Waals surface area contributed by atoms with E-state index in [1.807, 2.05) is 0 Å². The second kappa shape index (κ2) is 17.9. The maximum absolute atomic E-state index is 4.84. The maximum Gasteiger partial charge on any atom is 0.0462 e. The summed E-state index contributed by atoms with van der Waals surface area (Å²) in [6.45, 7) is 7.58. The zero-order valence-corrected chi connectivity index (χ0v) is 10.1.